The van der Waals surface area contributed by atoms with Crippen LogP contribution in [0.1, 0.15) is 18.2 Å². The molecule has 142 valence electrons. The number of aromatic nitrogens is 1. The van der Waals surface area contributed by atoms with Crippen molar-refractivity contribution in [3.8, 4) is 5.75 Å². The van der Waals surface area contributed by atoms with Crippen LogP contribution in [0.25, 0.3) is 6.08 Å². The molecule has 0 bridgehead atoms. The van der Waals surface area contributed by atoms with Gasteiger partial charge in [0, 0.05) is 48.4 Å². The standard InChI is InChI=1S/C20H23FN4O2/c1-2-27-19-4-3-14(11-16(19)21)25-6-5-17-15(13-25)18(12-20(22)23-17)24-7-9-26-10-8-24/h3-6,11-12H,2,7-10,13H2,1H3,(H2,22,23). The van der Waals surface area contributed by atoms with Crippen LogP contribution in [0.15, 0.2) is 30.5 Å². The third kappa shape index (κ3) is 3.55. The number of rotatable bonds is 4. The Morgan fingerprint density at radius 1 is 1.26 bits per heavy atom. The van der Waals surface area contributed by atoms with Crippen molar-refractivity contribution in [3.63, 3.8) is 0 Å². The van der Waals surface area contributed by atoms with E-state index in [1.807, 2.05) is 36.2 Å². The Hall–Kier alpha value is -2.80. The summed E-state index contributed by atoms with van der Waals surface area (Å²) in [5.41, 5.74) is 9.80. The highest BCUT2D eigenvalue weighted by Gasteiger charge is 2.23. The van der Waals surface area contributed by atoms with E-state index in [2.05, 4.69) is 9.88 Å². The minimum atomic E-state index is -0.364. The van der Waals surface area contributed by atoms with Gasteiger partial charge in [0.15, 0.2) is 11.6 Å². The first-order chi connectivity index (χ1) is 13.2. The fourth-order valence-electron chi connectivity index (χ4n) is 3.49. The number of hydrogen-bond donors (Lipinski definition) is 1. The highest BCUT2D eigenvalue weighted by molar-refractivity contribution is 5.72. The lowest BCUT2D eigenvalue weighted by molar-refractivity contribution is 0.122. The second-order valence-corrected chi connectivity index (χ2v) is 6.52. The van der Waals surface area contributed by atoms with Gasteiger partial charge in [-0.15, -0.1) is 0 Å². The minimum absolute atomic E-state index is 0.270. The van der Waals surface area contributed by atoms with Gasteiger partial charge in [-0.1, -0.05) is 0 Å². The molecule has 1 fully saturated rings. The molecule has 1 aromatic carbocycles. The van der Waals surface area contributed by atoms with Crippen molar-refractivity contribution in [2.24, 2.45) is 0 Å². The van der Waals surface area contributed by atoms with Crippen LogP contribution < -0.4 is 20.3 Å². The topological polar surface area (TPSA) is 63.8 Å². The first-order valence-electron chi connectivity index (χ1n) is 9.15. The Labute approximate surface area is 158 Å². The fraction of sp³-hybridized carbons (Fsp3) is 0.350. The zero-order valence-corrected chi connectivity index (χ0v) is 15.3. The molecule has 2 aromatic rings. The first kappa shape index (κ1) is 17.6. The Morgan fingerprint density at radius 3 is 2.81 bits per heavy atom. The van der Waals surface area contributed by atoms with E-state index in [0.717, 1.165) is 35.7 Å². The molecule has 6 nitrogen and oxygen atoms in total. The number of halogens is 1. The van der Waals surface area contributed by atoms with E-state index in [9.17, 15) is 4.39 Å². The SMILES string of the molecule is CCOc1ccc(N2C=Cc3nc(N)cc(N4CCOCC4)c3C2)cc1F. The molecule has 1 saturated heterocycles. The fourth-order valence-corrected chi connectivity index (χ4v) is 3.49. The number of pyridine rings is 1. The highest BCUT2D eigenvalue weighted by Crippen LogP contribution is 2.34. The van der Waals surface area contributed by atoms with Gasteiger partial charge in [0.1, 0.15) is 5.82 Å². The summed E-state index contributed by atoms with van der Waals surface area (Å²) in [6.45, 7) is 5.89. The van der Waals surface area contributed by atoms with Gasteiger partial charge >= 0.3 is 0 Å². The molecule has 1 aromatic heterocycles. The second-order valence-electron chi connectivity index (χ2n) is 6.52. The minimum Gasteiger partial charge on any atom is -0.491 e. The number of hydrogen-bond acceptors (Lipinski definition) is 6. The van der Waals surface area contributed by atoms with Crippen LogP contribution in [0.2, 0.25) is 0 Å². The molecule has 0 saturated carbocycles. The third-order valence-electron chi connectivity index (χ3n) is 4.79. The van der Waals surface area contributed by atoms with Crippen molar-refractivity contribution in [2.75, 3.05) is 48.4 Å². The Kier molecular flexibility index (Phi) is 4.85. The maximum Gasteiger partial charge on any atom is 0.167 e. The van der Waals surface area contributed by atoms with Gasteiger partial charge in [-0.3, -0.25) is 0 Å². The molecule has 2 aliphatic rings. The molecule has 0 spiro atoms. The summed E-state index contributed by atoms with van der Waals surface area (Å²) in [7, 11) is 0. The maximum absolute atomic E-state index is 14.3. The van der Waals surface area contributed by atoms with Gasteiger partial charge in [0.05, 0.1) is 32.1 Å². The van der Waals surface area contributed by atoms with Crippen LogP contribution in [-0.4, -0.2) is 37.9 Å². The molecule has 4 rings (SSSR count). The van der Waals surface area contributed by atoms with Gasteiger partial charge in [-0.05, 0) is 25.1 Å². The first-order valence-corrected chi connectivity index (χ1v) is 9.15. The summed E-state index contributed by atoms with van der Waals surface area (Å²) >= 11 is 0. The Balaban J connectivity index is 1.65. The number of anilines is 3. The van der Waals surface area contributed by atoms with Crippen LogP contribution in [0, 0.1) is 5.82 Å². The summed E-state index contributed by atoms with van der Waals surface area (Å²) in [6.07, 6.45) is 3.83. The predicted octanol–water partition coefficient (Wildman–Crippen LogP) is 3.03. The summed E-state index contributed by atoms with van der Waals surface area (Å²) in [4.78, 5) is 8.74. The zero-order chi connectivity index (χ0) is 18.8. The lowest BCUT2D eigenvalue weighted by atomic mass is 10.1. The van der Waals surface area contributed by atoms with E-state index in [1.54, 1.807) is 6.07 Å². The number of nitrogens with zero attached hydrogens (tertiary/aromatic N) is 3. The monoisotopic (exact) mass is 370 g/mol. The molecule has 0 radical (unpaired) electrons. The quantitative estimate of drug-likeness (QED) is 0.893. The van der Waals surface area contributed by atoms with Gasteiger partial charge in [0.25, 0.3) is 0 Å². The largest absolute Gasteiger partial charge is 0.491 e. The molecule has 2 aliphatic heterocycles. The zero-order valence-electron chi connectivity index (χ0n) is 15.3. The Morgan fingerprint density at radius 2 is 2.07 bits per heavy atom. The number of morpholine rings is 1. The summed E-state index contributed by atoms with van der Waals surface area (Å²) in [6, 6.07) is 6.95. The van der Waals surface area contributed by atoms with Crippen molar-refractivity contribution in [1.82, 2.24) is 4.98 Å². The molecule has 27 heavy (non-hydrogen) atoms. The van der Waals surface area contributed by atoms with Crippen LogP contribution >= 0.6 is 0 Å². The van der Waals surface area contributed by atoms with Gasteiger partial charge < -0.3 is 25.0 Å². The van der Waals surface area contributed by atoms with Gasteiger partial charge in [-0.2, -0.15) is 0 Å². The smallest absolute Gasteiger partial charge is 0.167 e. The average molecular weight is 370 g/mol. The molecular formula is C20H23FN4O2. The van der Waals surface area contributed by atoms with Crippen molar-refractivity contribution < 1.29 is 13.9 Å². The molecular weight excluding hydrogens is 347 g/mol. The number of nitrogen functional groups attached to an aromatic ring is 1. The van der Waals surface area contributed by atoms with Crippen LogP contribution in [0.4, 0.5) is 21.6 Å². The van der Waals surface area contributed by atoms with E-state index in [4.69, 9.17) is 15.2 Å². The van der Waals surface area contributed by atoms with Crippen LogP contribution in [-0.2, 0) is 11.3 Å². The summed E-state index contributed by atoms with van der Waals surface area (Å²) in [5.74, 6) is 0.406. The van der Waals surface area contributed by atoms with E-state index in [0.29, 0.717) is 32.2 Å². The highest BCUT2D eigenvalue weighted by atomic mass is 19.1. The lowest BCUT2D eigenvalue weighted by Crippen LogP contribution is -2.37. The molecule has 7 heteroatoms. The predicted molar refractivity (Wildman–Crippen MR) is 104 cm³/mol. The summed E-state index contributed by atoms with van der Waals surface area (Å²) in [5, 5.41) is 0. The number of benzene rings is 1. The van der Waals surface area contributed by atoms with Gasteiger partial charge in [0.2, 0.25) is 0 Å². The molecule has 0 amide bonds. The van der Waals surface area contributed by atoms with E-state index < -0.39 is 0 Å². The third-order valence-corrected chi connectivity index (χ3v) is 4.79. The second kappa shape index (κ2) is 7.44. The maximum atomic E-state index is 14.3. The molecule has 3 heterocycles. The molecule has 0 atom stereocenters. The van der Waals surface area contributed by atoms with E-state index in [1.165, 1.54) is 6.07 Å². The van der Waals surface area contributed by atoms with Crippen LogP contribution in [0.3, 0.4) is 0 Å². The summed E-state index contributed by atoms with van der Waals surface area (Å²) < 4.78 is 25.0. The molecule has 2 N–H and O–H groups in total. The lowest BCUT2D eigenvalue weighted by Gasteiger charge is -2.34. The van der Waals surface area contributed by atoms with Crippen LogP contribution in [0.5, 0.6) is 5.75 Å². The Bertz CT molecular complexity index is 865. The molecule has 0 unspecified atom stereocenters. The van der Waals surface area contributed by atoms with Crippen molar-refractivity contribution in [3.05, 3.63) is 47.5 Å². The van der Waals surface area contributed by atoms with Gasteiger partial charge in [-0.25, -0.2) is 9.37 Å². The number of ether oxygens (including phenoxy) is 2. The van der Waals surface area contributed by atoms with Crippen molar-refractivity contribution in [1.29, 1.82) is 0 Å². The van der Waals surface area contributed by atoms with E-state index in [-0.39, 0.29) is 11.6 Å². The molecule has 0 aliphatic carbocycles. The van der Waals surface area contributed by atoms with E-state index >= 15 is 0 Å². The average Bonchev–Trinajstić information content (AvgIpc) is 2.69. The number of fused-ring (bicyclic) bond motifs is 1. The van der Waals surface area contributed by atoms with Crippen molar-refractivity contribution >= 4 is 23.3 Å². The normalized spacial score (nSPS) is 16.4. The van der Waals surface area contributed by atoms with Crippen molar-refractivity contribution in [2.45, 2.75) is 13.5 Å². The number of nitrogens with two attached hydrogens (primary N) is 1.